The number of amides is 3. The molecule has 0 saturated heterocycles. The molecular formula is C11H18N4O7S. The van der Waals surface area contributed by atoms with Gasteiger partial charge < -0.3 is 32.3 Å². The van der Waals surface area contributed by atoms with Crippen molar-refractivity contribution in [1.82, 2.24) is 10.6 Å². The van der Waals surface area contributed by atoms with Gasteiger partial charge in [0, 0.05) is 5.75 Å². The van der Waals surface area contributed by atoms with Crippen LogP contribution in [0.3, 0.4) is 0 Å². The summed E-state index contributed by atoms with van der Waals surface area (Å²) in [5, 5.41) is 21.6. The second-order valence-electron chi connectivity index (χ2n) is 4.52. The van der Waals surface area contributed by atoms with Crippen molar-refractivity contribution >= 4 is 42.3 Å². The zero-order valence-electron chi connectivity index (χ0n) is 11.9. The zero-order valence-corrected chi connectivity index (χ0v) is 12.8. The minimum Gasteiger partial charge on any atom is -0.481 e. The molecule has 3 amide bonds. The molecule has 0 saturated carbocycles. The summed E-state index contributed by atoms with van der Waals surface area (Å²) in [6, 6.07) is -4.21. The first-order chi connectivity index (χ1) is 10.6. The molecule has 0 aliphatic heterocycles. The van der Waals surface area contributed by atoms with E-state index in [-0.39, 0.29) is 5.75 Å². The number of carbonyl (C=O) groups is 5. The molecule has 0 bridgehead atoms. The van der Waals surface area contributed by atoms with E-state index in [1.807, 2.05) is 5.32 Å². The summed E-state index contributed by atoms with van der Waals surface area (Å²) < 4.78 is 0. The molecule has 0 aromatic rings. The van der Waals surface area contributed by atoms with Crippen molar-refractivity contribution in [3.05, 3.63) is 0 Å². The fraction of sp³-hybridized carbons (Fsp3) is 0.545. The SMILES string of the molecule is NC(=O)C[C@H](NC(=O)[C@H](CS)NC(=O)[C@@H](N)CC(=O)O)C(=O)O. The number of nitrogens with two attached hydrogens (primary N) is 2. The molecule has 8 N–H and O–H groups in total. The molecule has 0 spiro atoms. The fourth-order valence-electron chi connectivity index (χ4n) is 1.43. The van der Waals surface area contributed by atoms with Gasteiger partial charge in [0.25, 0.3) is 0 Å². The van der Waals surface area contributed by atoms with Crippen molar-refractivity contribution in [3.8, 4) is 0 Å². The predicted molar refractivity (Wildman–Crippen MR) is 79.4 cm³/mol. The van der Waals surface area contributed by atoms with Crippen LogP contribution in [-0.2, 0) is 24.0 Å². The maximum Gasteiger partial charge on any atom is 0.326 e. The Hall–Kier alpha value is -2.34. The molecule has 0 aromatic heterocycles. The van der Waals surface area contributed by atoms with Crippen LogP contribution in [0.4, 0.5) is 0 Å². The van der Waals surface area contributed by atoms with E-state index in [1.165, 1.54) is 0 Å². The van der Waals surface area contributed by atoms with Crippen molar-refractivity contribution in [2.75, 3.05) is 5.75 Å². The average molecular weight is 350 g/mol. The number of aliphatic carboxylic acids is 2. The largest absolute Gasteiger partial charge is 0.481 e. The topological polar surface area (TPSA) is 202 Å². The molecule has 3 atom stereocenters. The Morgan fingerprint density at radius 2 is 1.48 bits per heavy atom. The van der Waals surface area contributed by atoms with E-state index in [4.69, 9.17) is 21.7 Å². The third kappa shape index (κ3) is 8.01. The number of hydrogen-bond donors (Lipinski definition) is 7. The van der Waals surface area contributed by atoms with Gasteiger partial charge in [-0.05, 0) is 0 Å². The number of nitrogens with one attached hydrogen (secondary N) is 2. The van der Waals surface area contributed by atoms with Gasteiger partial charge in [-0.1, -0.05) is 0 Å². The fourth-order valence-corrected chi connectivity index (χ4v) is 1.68. The number of thiol groups is 1. The van der Waals surface area contributed by atoms with Crippen LogP contribution >= 0.6 is 12.6 Å². The van der Waals surface area contributed by atoms with Crippen molar-refractivity contribution in [2.45, 2.75) is 31.0 Å². The molecule has 12 heteroatoms. The van der Waals surface area contributed by atoms with Gasteiger partial charge in [-0.3, -0.25) is 19.2 Å². The van der Waals surface area contributed by atoms with Crippen LogP contribution in [-0.4, -0.2) is 63.8 Å². The number of carboxylic acids is 2. The molecule has 0 radical (unpaired) electrons. The Morgan fingerprint density at radius 3 is 1.87 bits per heavy atom. The number of carbonyl (C=O) groups excluding carboxylic acids is 3. The molecule has 0 fully saturated rings. The van der Waals surface area contributed by atoms with Gasteiger partial charge >= 0.3 is 11.9 Å². The maximum absolute atomic E-state index is 11.9. The molecule has 0 aliphatic rings. The van der Waals surface area contributed by atoms with E-state index < -0.39 is 60.6 Å². The smallest absolute Gasteiger partial charge is 0.326 e. The first-order valence-corrected chi connectivity index (χ1v) is 6.91. The lowest BCUT2D eigenvalue weighted by Crippen LogP contribution is -2.55. The molecule has 0 aromatic carbocycles. The summed E-state index contributed by atoms with van der Waals surface area (Å²) in [5.74, 6) is -5.77. The van der Waals surface area contributed by atoms with Crippen LogP contribution in [0, 0.1) is 0 Å². The lowest BCUT2D eigenvalue weighted by molar-refractivity contribution is -0.143. The number of carboxylic acid groups (broad SMARTS) is 2. The first kappa shape index (κ1) is 20.7. The van der Waals surface area contributed by atoms with E-state index in [1.54, 1.807) is 0 Å². The van der Waals surface area contributed by atoms with Gasteiger partial charge in [0.05, 0.1) is 18.9 Å². The highest BCUT2D eigenvalue weighted by atomic mass is 32.1. The third-order valence-corrected chi connectivity index (χ3v) is 2.93. The first-order valence-electron chi connectivity index (χ1n) is 6.28. The lowest BCUT2D eigenvalue weighted by atomic mass is 10.1. The van der Waals surface area contributed by atoms with Gasteiger partial charge in [0.2, 0.25) is 17.7 Å². The van der Waals surface area contributed by atoms with Gasteiger partial charge in [-0.2, -0.15) is 12.6 Å². The minimum absolute atomic E-state index is 0.208. The summed E-state index contributed by atoms with van der Waals surface area (Å²) in [7, 11) is 0. The Morgan fingerprint density at radius 1 is 0.957 bits per heavy atom. The lowest BCUT2D eigenvalue weighted by Gasteiger charge is -2.20. The minimum atomic E-state index is -1.56. The van der Waals surface area contributed by atoms with Gasteiger partial charge in [-0.15, -0.1) is 0 Å². The van der Waals surface area contributed by atoms with Gasteiger partial charge in [0.15, 0.2) is 0 Å². The predicted octanol–water partition coefficient (Wildman–Crippen LogP) is -3.35. The average Bonchev–Trinajstić information content (AvgIpc) is 2.41. The van der Waals surface area contributed by atoms with E-state index in [0.29, 0.717) is 0 Å². The van der Waals surface area contributed by atoms with E-state index in [9.17, 15) is 24.0 Å². The molecule has 0 rings (SSSR count). The van der Waals surface area contributed by atoms with Gasteiger partial charge in [0.1, 0.15) is 12.1 Å². The highest BCUT2D eigenvalue weighted by Crippen LogP contribution is 1.97. The van der Waals surface area contributed by atoms with E-state index in [2.05, 4.69) is 17.9 Å². The van der Waals surface area contributed by atoms with Crippen LogP contribution in [0.25, 0.3) is 0 Å². The van der Waals surface area contributed by atoms with Crippen LogP contribution in [0.2, 0.25) is 0 Å². The monoisotopic (exact) mass is 350 g/mol. The number of primary amides is 1. The van der Waals surface area contributed by atoms with Crippen molar-refractivity contribution in [3.63, 3.8) is 0 Å². The van der Waals surface area contributed by atoms with Crippen LogP contribution in [0.1, 0.15) is 12.8 Å². The standard InChI is InChI=1S/C11H18N4O7S/c12-4(1-8(17)18)9(19)15-6(3-23)10(20)14-5(11(21)22)2-7(13)16/h4-6,23H,1-3,12H2,(H2,13,16)(H,14,20)(H,15,19)(H,17,18)(H,21,22)/t4-,5-,6-/m0/s1. The Bertz CT molecular complexity index is 499. The van der Waals surface area contributed by atoms with Crippen LogP contribution in [0.15, 0.2) is 0 Å². The van der Waals surface area contributed by atoms with Crippen LogP contribution < -0.4 is 22.1 Å². The number of rotatable bonds is 10. The summed E-state index contributed by atoms with van der Waals surface area (Å²) in [6.07, 6.45) is -1.28. The normalized spacial score (nSPS) is 14.2. The molecule has 0 aliphatic carbocycles. The van der Waals surface area contributed by atoms with Crippen molar-refractivity contribution in [2.24, 2.45) is 11.5 Å². The van der Waals surface area contributed by atoms with Crippen LogP contribution in [0.5, 0.6) is 0 Å². The van der Waals surface area contributed by atoms with Crippen molar-refractivity contribution in [1.29, 1.82) is 0 Å². The summed E-state index contributed by atoms with van der Waals surface area (Å²) in [6.45, 7) is 0. The Balaban J connectivity index is 4.78. The second-order valence-corrected chi connectivity index (χ2v) is 4.88. The molecule has 11 nitrogen and oxygen atoms in total. The Labute approximate surface area is 136 Å². The molecule has 23 heavy (non-hydrogen) atoms. The quantitative estimate of drug-likeness (QED) is 0.198. The molecular weight excluding hydrogens is 332 g/mol. The molecule has 130 valence electrons. The highest BCUT2D eigenvalue weighted by molar-refractivity contribution is 7.80. The molecule has 0 heterocycles. The van der Waals surface area contributed by atoms with E-state index in [0.717, 1.165) is 0 Å². The third-order valence-electron chi connectivity index (χ3n) is 2.57. The summed E-state index contributed by atoms with van der Waals surface area (Å²) in [4.78, 5) is 55.7. The Kier molecular flexibility index (Phi) is 8.65. The summed E-state index contributed by atoms with van der Waals surface area (Å²) >= 11 is 3.84. The second kappa shape index (κ2) is 9.63. The zero-order chi connectivity index (χ0) is 18.2. The molecule has 0 unspecified atom stereocenters. The maximum atomic E-state index is 11.9. The van der Waals surface area contributed by atoms with Crippen molar-refractivity contribution < 1.29 is 34.2 Å². The highest BCUT2D eigenvalue weighted by Gasteiger charge is 2.28. The van der Waals surface area contributed by atoms with Gasteiger partial charge in [-0.25, -0.2) is 4.79 Å². The van der Waals surface area contributed by atoms with E-state index >= 15 is 0 Å². The number of hydrogen-bond acceptors (Lipinski definition) is 7. The summed E-state index contributed by atoms with van der Waals surface area (Å²) in [5.41, 5.74) is 10.2.